The third-order valence-corrected chi connectivity index (χ3v) is 3.77. The fourth-order valence-electron chi connectivity index (χ4n) is 2.60. The van der Waals surface area contributed by atoms with Crippen LogP contribution in [0.15, 0.2) is 67.3 Å². The summed E-state index contributed by atoms with van der Waals surface area (Å²) in [6.45, 7) is 2.88. The predicted molar refractivity (Wildman–Crippen MR) is 92.5 cm³/mol. The number of carbonyl (C=O) groups is 1. The lowest BCUT2D eigenvalue weighted by Crippen LogP contribution is -2.29. The summed E-state index contributed by atoms with van der Waals surface area (Å²) in [5.74, 6) is -0.143. The van der Waals surface area contributed by atoms with Crippen molar-refractivity contribution < 1.29 is 4.79 Å². The predicted octanol–water partition coefficient (Wildman–Crippen LogP) is 3.21. The van der Waals surface area contributed by atoms with Crippen LogP contribution in [0.25, 0.3) is 0 Å². The molecule has 1 atom stereocenters. The molecule has 0 aliphatic heterocycles. The lowest BCUT2D eigenvalue weighted by molar-refractivity contribution is 0.0943. The van der Waals surface area contributed by atoms with Crippen LogP contribution in [0.1, 0.15) is 40.9 Å². The molecule has 0 fully saturated rings. The van der Waals surface area contributed by atoms with E-state index >= 15 is 0 Å². The summed E-state index contributed by atoms with van der Waals surface area (Å²) in [5.41, 5.74) is 2.52. The monoisotopic (exact) mass is 320 g/mol. The third-order valence-electron chi connectivity index (χ3n) is 3.77. The molecule has 1 amide bonds. The van der Waals surface area contributed by atoms with Crippen molar-refractivity contribution in [3.05, 3.63) is 83.9 Å². The van der Waals surface area contributed by atoms with Crippen LogP contribution < -0.4 is 5.32 Å². The lowest BCUT2D eigenvalue weighted by atomic mass is 10.00. The molecule has 0 aliphatic rings. The number of aryl methyl sites for hydroxylation is 1. The minimum absolute atomic E-state index is 0.143. The minimum Gasteiger partial charge on any atom is -0.341 e. The first-order valence-electron chi connectivity index (χ1n) is 8.06. The summed E-state index contributed by atoms with van der Waals surface area (Å²) < 4.78 is 1.79. The van der Waals surface area contributed by atoms with Gasteiger partial charge in [-0.25, -0.2) is 0 Å². The Morgan fingerprint density at radius 2 is 1.92 bits per heavy atom. The van der Waals surface area contributed by atoms with E-state index < -0.39 is 0 Å². The molecule has 5 heteroatoms. The maximum atomic E-state index is 12.6. The van der Waals surface area contributed by atoms with Gasteiger partial charge in [0.25, 0.3) is 5.91 Å². The van der Waals surface area contributed by atoms with Crippen molar-refractivity contribution >= 4 is 5.91 Å². The van der Waals surface area contributed by atoms with Crippen molar-refractivity contribution in [2.45, 2.75) is 25.9 Å². The zero-order chi connectivity index (χ0) is 16.8. The van der Waals surface area contributed by atoms with E-state index in [9.17, 15) is 4.79 Å². The Morgan fingerprint density at radius 1 is 1.12 bits per heavy atom. The second kappa shape index (κ2) is 7.55. The average molecular weight is 320 g/mol. The molecular weight excluding hydrogens is 300 g/mol. The molecule has 1 aromatic carbocycles. The van der Waals surface area contributed by atoms with Gasteiger partial charge in [-0.15, -0.1) is 0 Å². The van der Waals surface area contributed by atoms with Crippen LogP contribution in [0.2, 0.25) is 0 Å². The fraction of sp³-hybridized carbons (Fsp3) is 0.211. The average Bonchev–Trinajstić information content (AvgIpc) is 3.10. The van der Waals surface area contributed by atoms with Crippen molar-refractivity contribution in [2.24, 2.45) is 0 Å². The van der Waals surface area contributed by atoms with Gasteiger partial charge in [-0.05, 0) is 23.6 Å². The molecule has 2 heterocycles. The number of carbonyl (C=O) groups excluding carboxylic acids is 1. The van der Waals surface area contributed by atoms with Gasteiger partial charge in [0.05, 0.1) is 17.8 Å². The van der Waals surface area contributed by atoms with Crippen molar-refractivity contribution in [1.82, 2.24) is 20.1 Å². The minimum atomic E-state index is -0.248. The first-order chi connectivity index (χ1) is 11.8. The van der Waals surface area contributed by atoms with Crippen LogP contribution in [-0.4, -0.2) is 20.7 Å². The van der Waals surface area contributed by atoms with Crippen molar-refractivity contribution in [3.63, 3.8) is 0 Å². The number of benzene rings is 1. The smallest absolute Gasteiger partial charge is 0.255 e. The zero-order valence-corrected chi connectivity index (χ0v) is 13.6. The number of hydrogen-bond donors (Lipinski definition) is 1. The maximum Gasteiger partial charge on any atom is 0.255 e. The second-order valence-corrected chi connectivity index (χ2v) is 5.60. The van der Waals surface area contributed by atoms with E-state index in [0.717, 1.165) is 24.1 Å². The van der Waals surface area contributed by atoms with Gasteiger partial charge in [-0.1, -0.05) is 43.3 Å². The normalized spacial score (nSPS) is 11.9. The van der Waals surface area contributed by atoms with E-state index in [2.05, 4.69) is 22.3 Å². The Balaban J connectivity index is 1.85. The van der Waals surface area contributed by atoms with Crippen LogP contribution in [0.5, 0.6) is 0 Å². The SMILES string of the molecule is CCCn1cc(C(=O)N[C@H](c2ccccc2)c2cccnc2)cn1. The van der Waals surface area contributed by atoms with Gasteiger partial charge < -0.3 is 5.32 Å². The van der Waals surface area contributed by atoms with Gasteiger partial charge in [-0.3, -0.25) is 14.5 Å². The molecule has 2 aromatic heterocycles. The second-order valence-electron chi connectivity index (χ2n) is 5.60. The van der Waals surface area contributed by atoms with Crippen molar-refractivity contribution in [2.75, 3.05) is 0 Å². The Hall–Kier alpha value is -2.95. The first-order valence-corrected chi connectivity index (χ1v) is 8.06. The highest BCUT2D eigenvalue weighted by Gasteiger charge is 2.18. The third kappa shape index (κ3) is 3.68. The first kappa shape index (κ1) is 15.9. The highest BCUT2D eigenvalue weighted by atomic mass is 16.1. The van der Waals surface area contributed by atoms with Gasteiger partial charge >= 0.3 is 0 Å². The Morgan fingerprint density at radius 3 is 2.62 bits per heavy atom. The summed E-state index contributed by atoms with van der Waals surface area (Å²) in [6, 6.07) is 13.5. The van der Waals surface area contributed by atoms with Crippen molar-refractivity contribution in [3.8, 4) is 0 Å². The molecule has 0 radical (unpaired) electrons. The molecule has 3 aromatic rings. The summed E-state index contributed by atoms with van der Waals surface area (Å²) in [6.07, 6.45) is 7.87. The number of rotatable bonds is 6. The summed E-state index contributed by atoms with van der Waals surface area (Å²) in [5, 5.41) is 7.31. The van der Waals surface area contributed by atoms with Gasteiger partial charge in [0, 0.05) is 25.1 Å². The summed E-state index contributed by atoms with van der Waals surface area (Å²) >= 11 is 0. The standard InChI is InChI=1S/C19H20N4O/c1-2-11-23-14-17(13-21-23)19(24)22-18(15-7-4-3-5-8-15)16-9-6-10-20-12-16/h3-10,12-14,18H,2,11H2,1H3,(H,22,24)/t18-/m1/s1. The molecule has 24 heavy (non-hydrogen) atoms. The Labute approximate surface area is 141 Å². The molecule has 0 bridgehead atoms. The number of hydrogen-bond acceptors (Lipinski definition) is 3. The fourth-order valence-corrected chi connectivity index (χ4v) is 2.60. The van der Waals surface area contributed by atoms with E-state index in [1.807, 2.05) is 42.5 Å². The van der Waals surface area contributed by atoms with Crippen LogP contribution in [0, 0.1) is 0 Å². The molecule has 0 spiro atoms. The number of nitrogens with zero attached hydrogens (tertiary/aromatic N) is 3. The van der Waals surface area contributed by atoms with Crippen LogP contribution in [0.3, 0.4) is 0 Å². The molecule has 122 valence electrons. The van der Waals surface area contributed by atoms with E-state index in [4.69, 9.17) is 0 Å². The molecule has 0 saturated carbocycles. The van der Waals surface area contributed by atoms with Gasteiger partial charge in [0.1, 0.15) is 0 Å². The van der Waals surface area contributed by atoms with Gasteiger partial charge in [-0.2, -0.15) is 5.10 Å². The van der Waals surface area contributed by atoms with E-state index in [1.54, 1.807) is 29.5 Å². The molecule has 0 unspecified atom stereocenters. The van der Waals surface area contributed by atoms with Crippen molar-refractivity contribution in [1.29, 1.82) is 0 Å². The van der Waals surface area contributed by atoms with E-state index in [-0.39, 0.29) is 11.9 Å². The Kier molecular flexibility index (Phi) is 5.01. The maximum absolute atomic E-state index is 12.6. The number of aromatic nitrogens is 3. The molecule has 0 saturated heterocycles. The molecule has 0 aliphatic carbocycles. The number of pyridine rings is 1. The lowest BCUT2D eigenvalue weighted by Gasteiger charge is -2.19. The van der Waals surface area contributed by atoms with Gasteiger partial charge in [0.15, 0.2) is 0 Å². The highest BCUT2D eigenvalue weighted by molar-refractivity contribution is 5.94. The largest absolute Gasteiger partial charge is 0.341 e. The molecule has 3 rings (SSSR count). The molecular formula is C19H20N4O. The number of amides is 1. The van der Waals surface area contributed by atoms with E-state index in [1.165, 1.54) is 0 Å². The zero-order valence-electron chi connectivity index (χ0n) is 13.6. The number of nitrogens with one attached hydrogen (secondary N) is 1. The Bertz CT molecular complexity index is 744. The highest BCUT2D eigenvalue weighted by Crippen LogP contribution is 2.21. The van der Waals surface area contributed by atoms with Gasteiger partial charge in [0.2, 0.25) is 0 Å². The van der Waals surface area contributed by atoms with Crippen LogP contribution in [-0.2, 0) is 6.54 Å². The molecule has 1 N–H and O–H groups in total. The molecule has 5 nitrogen and oxygen atoms in total. The van der Waals surface area contributed by atoms with Crippen LogP contribution in [0.4, 0.5) is 0 Å². The quantitative estimate of drug-likeness (QED) is 0.758. The topological polar surface area (TPSA) is 59.8 Å². The van der Waals surface area contributed by atoms with Crippen LogP contribution >= 0.6 is 0 Å². The summed E-state index contributed by atoms with van der Waals surface area (Å²) in [7, 11) is 0. The summed E-state index contributed by atoms with van der Waals surface area (Å²) in [4.78, 5) is 16.8. The van der Waals surface area contributed by atoms with E-state index in [0.29, 0.717) is 5.56 Å².